The molecule has 0 aromatic carbocycles. The molecule has 1 aliphatic heterocycles. The number of ketones is 1. The van der Waals surface area contributed by atoms with Gasteiger partial charge in [0.1, 0.15) is 23.0 Å². The Bertz CT molecular complexity index is 584. The van der Waals surface area contributed by atoms with Gasteiger partial charge in [-0.1, -0.05) is 6.08 Å². The molecular formula is C19H29NO5. The number of nitrogens with zero attached hydrogens (tertiary/aromatic N) is 1. The lowest BCUT2D eigenvalue weighted by molar-refractivity contribution is -0.161. The highest BCUT2D eigenvalue weighted by Gasteiger charge is 2.62. The van der Waals surface area contributed by atoms with Crippen LogP contribution in [0.3, 0.4) is 0 Å². The van der Waals surface area contributed by atoms with Crippen molar-refractivity contribution in [3.8, 4) is 0 Å². The normalized spacial score (nSPS) is 28.9. The first-order valence-corrected chi connectivity index (χ1v) is 8.74. The third kappa shape index (κ3) is 4.05. The maximum absolute atomic E-state index is 12.7. The molecule has 2 aliphatic rings. The van der Waals surface area contributed by atoms with Gasteiger partial charge >= 0.3 is 12.1 Å². The maximum atomic E-state index is 12.7. The lowest BCUT2D eigenvalue weighted by atomic mass is 9.67. The van der Waals surface area contributed by atoms with Gasteiger partial charge in [-0.3, -0.25) is 9.69 Å². The second-order valence-corrected chi connectivity index (χ2v) is 8.80. The van der Waals surface area contributed by atoms with Crippen molar-refractivity contribution < 1.29 is 23.9 Å². The van der Waals surface area contributed by atoms with Gasteiger partial charge in [-0.2, -0.15) is 0 Å². The van der Waals surface area contributed by atoms with Crippen LogP contribution >= 0.6 is 0 Å². The molecule has 1 aliphatic carbocycles. The molecule has 0 bridgehead atoms. The molecule has 2 rings (SSSR count). The lowest BCUT2D eigenvalue weighted by Crippen LogP contribution is -2.59. The summed E-state index contributed by atoms with van der Waals surface area (Å²) < 4.78 is 11.0. The maximum Gasteiger partial charge on any atom is 0.411 e. The molecular weight excluding hydrogens is 322 g/mol. The number of esters is 1. The molecule has 140 valence electrons. The number of amides is 1. The number of likely N-dealkylation sites (tertiary alicyclic amines) is 1. The van der Waals surface area contributed by atoms with Crippen LogP contribution in [0.15, 0.2) is 12.7 Å². The summed E-state index contributed by atoms with van der Waals surface area (Å²) in [5.41, 5.74) is -1.35. The second kappa shape index (κ2) is 6.46. The number of hydrogen-bond donors (Lipinski definition) is 0. The van der Waals surface area contributed by atoms with Crippen molar-refractivity contribution in [3.05, 3.63) is 12.7 Å². The van der Waals surface area contributed by atoms with Crippen molar-refractivity contribution in [1.82, 2.24) is 4.90 Å². The highest BCUT2D eigenvalue weighted by Crippen LogP contribution is 2.47. The Morgan fingerprint density at radius 1 is 1.16 bits per heavy atom. The molecule has 0 aromatic rings. The van der Waals surface area contributed by atoms with Crippen molar-refractivity contribution >= 4 is 17.8 Å². The Balaban J connectivity index is 2.28. The molecule has 0 N–H and O–H groups in total. The monoisotopic (exact) mass is 351 g/mol. The fraction of sp³-hybridized carbons (Fsp3) is 0.737. The largest absolute Gasteiger partial charge is 0.458 e. The SMILES string of the molecule is C=CC[C@@H]1C(=O)[C@@H]2C[C@@H](C(=O)OC(C)(C)C)N(C(=O)OC(C)(C)C)[C@H]12. The van der Waals surface area contributed by atoms with Gasteiger partial charge in [-0.15, -0.1) is 6.58 Å². The molecule has 0 spiro atoms. The van der Waals surface area contributed by atoms with Crippen LogP contribution in [0, 0.1) is 11.8 Å². The quantitative estimate of drug-likeness (QED) is 0.577. The number of hydrogen-bond acceptors (Lipinski definition) is 5. The average molecular weight is 351 g/mol. The van der Waals surface area contributed by atoms with Crippen molar-refractivity contribution in [2.24, 2.45) is 11.8 Å². The summed E-state index contributed by atoms with van der Waals surface area (Å²) in [4.78, 5) is 39.2. The molecule has 1 saturated heterocycles. The molecule has 6 heteroatoms. The van der Waals surface area contributed by atoms with E-state index in [0.717, 1.165) is 0 Å². The van der Waals surface area contributed by atoms with Gasteiger partial charge < -0.3 is 9.47 Å². The highest BCUT2D eigenvalue weighted by atomic mass is 16.6. The standard InChI is InChI=1S/C19H29NO5/c1-8-9-11-14-12(15(11)21)10-13(16(22)24-18(2,3)4)20(14)17(23)25-19(5,6)7/h8,11-14H,1,9-10H2,2-7H3/t11-,12+,13-,14+/m0/s1. The van der Waals surface area contributed by atoms with E-state index in [0.29, 0.717) is 12.8 Å². The summed E-state index contributed by atoms with van der Waals surface area (Å²) in [5, 5.41) is 0. The van der Waals surface area contributed by atoms with Gasteiger partial charge in [0.25, 0.3) is 0 Å². The van der Waals surface area contributed by atoms with Crippen molar-refractivity contribution in [2.75, 3.05) is 0 Å². The van der Waals surface area contributed by atoms with E-state index in [1.807, 2.05) is 0 Å². The number of rotatable bonds is 3. The summed E-state index contributed by atoms with van der Waals surface area (Å²) in [7, 11) is 0. The topological polar surface area (TPSA) is 72.9 Å². The molecule has 25 heavy (non-hydrogen) atoms. The fourth-order valence-electron chi connectivity index (χ4n) is 3.56. The van der Waals surface area contributed by atoms with Gasteiger partial charge in [-0.05, 0) is 54.4 Å². The second-order valence-electron chi connectivity index (χ2n) is 8.80. The van der Waals surface area contributed by atoms with Crippen LogP contribution in [-0.4, -0.2) is 46.0 Å². The first kappa shape index (κ1) is 19.5. The predicted octanol–water partition coefficient (Wildman–Crippen LogP) is 3.10. The van der Waals surface area contributed by atoms with E-state index in [1.54, 1.807) is 47.6 Å². The van der Waals surface area contributed by atoms with E-state index in [2.05, 4.69) is 6.58 Å². The smallest absolute Gasteiger partial charge is 0.411 e. The van der Waals surface area contributed by atoms with Crippen LogP contribution in [-0.2, 0) is 19.1 Å². The Morgan fingerprint density at radius 3 is 2.20 bits per heavy atom. The Morgan fingerprint density at radius 2 is 1.72 bits per heavy atom. The molecule has 6 nitrogen and oxygen atoms in total. The summed E-state index contributed by atoms with van der Waals surface area (Å²) in [6, 6.07) is -1.11. The van der Waals surface area contributed by atoms with Crippen LogP contribution in [0.4, 0.5) is 4.79 Å². The van der Waals surface area contributed by atoms with Gasteiger partial charge in [-0.25, -0.2) is 9.59 Å². The number of carbonyl (C=O) groups excluding carboxylic acids is 3. The van der Waals surface area contributed by atoms with Crippen LogP contribution in [0.2, 0.25) is 0 Å². The van der Waals surface area contributed by atoms with E-state index in [-0.39, 0.29) is 23.7 Å². The van der Waals surface area contributed by atoms with Crippen molar-refractivity contribution in [2.45, 2.75) is 77.7 Å². The van der Waals surface area contributed by atoms with E-state index >= 15 is 0 Å². The molecule has 0 aromatic heterocycles. The number of ether oxygens (including phenoxy) is 2. The Hall–Kier alpha value is -1.85. The molecule has 1 saturated carbocycles. The van der Waals surface area contributed by atoms with Crippen LogP contribution in [0.1, 0.15) is 54.4 Å². The molecule has 0 unspecified atom stereocenters. The highest BCUT2D eigenvalue weighted by molar-refractivity contribution is 5.96. The van der Waals surface area contributed by atoms with E-state index in [1.165, 1.54) is 4.90 Å². The zero-order valence-corrected chi connectivity index (χ0v) is 16.0. The first-order chi connectivity index (χ1) is 11.4. The first-order valence-electron chi connectivity index (χ1n) is 8.74. The third-order valence-electron chi connectivity index (χ3n) is 4.39. The lowest BCUT2D eigenvalue weighted by Gasteiger charge is -2.42. The van der Waals surface area contributed by atoms with Gasteiger partial charge in [0.2, 0.25) is 0 Å². The minimum Gasteiger partial charge on any atom is -0.458 e. The zero-order valence-electron chi connectivity index (χ0n) is 16.0. The Kier molecular flexibility index (Phi) is 5.04. The van der Waals surface area contributed by atoms with Crippen LogP contribution in [0.25, 0.3) is 0 Å². The van der Waals surface area contributed by atoms with Crippen molar-refractivity contribution in [1.29, 1.82) is 0 Å². The fourth-order valence-corrected chi connectivity index (χ4v) is 3.56. The Labute approximate surface area is 149 Å². The van der Waals surface area contributed by atoms with Crippen molar-refractivity contribution in [3.63, 3.8) is 0 Å². The van der Waals surface area contributed by atoms with Gasteiger partial charge in [0, 0.05) is 11.8 Å². The molecule has 0 radical (unpaired) electrons. The number of carbonyl (C=O) groups is 3. The summed E-state index contributed by atoms with van der Waals surface area (Å²) in [5.74, 6) is -1.04. The van der Waals surface area contributed by atoms with E-state index < -0.39 is 29.3 Å². The minimum atomic E-state index is -0.789. The number of allylic oxidation sites excluding steroid dienone is 1. The van der Waals surface area contributed by atoms with Crippen LogP contribution < -0.4 is 0 Å². The summed E-state index contributed by atoms with van der Waals surface area (Å²) in [6.45, 7) is 14.3. The summed E-state index contributed by atoms with van der Waals surface area (Å²) in [6.07, 6.45) is 1.89. The predicted molar refractivity (Wildman–Crippen MR) is 92.9 cm³/mol. The number of Topliss-reactive ketones (excluding diaryl/α,β-unsaturated/α-hetero) is 1. The molecule has 1 amide bonds. The van der Waals surface area contributed by atoms with E-state index in [9.17, 15) is 14.4 Å². The average Bonchev–Trinajstić information content (AvgIpc) is 2.77. The van der Waals surface area contributed by atoms with Gasteiger partial charge in [0.15, 0.2) is 0 Å². The van der Waals surface area contributed by atoms with E-state index in [4.69, 9.17) is 9.47 Å². The van der Waals surface area contributed by atoms with Crippen LogP contribution in [0.5, 0.6) is 0 Å². The zero-order chi connectivity index (χ0) is 19.2. The number of fused-ring (bicyclic) bond motifs is 1. The molecule has 2 fully saturated rings. The third-order valence-corrected chi connectivity index (χ3v) is 4.39. The molecule has 1 heterocycles. The summed E-state index contributed by atoms with van der Waals surface area (Å²) >= 11 is 0. The van der Waals surface area contributed by atoms with Gasteiger partial charge in [0.05, 0.1) is 6.04 Å². The minimum absolute atomic E-state index is 0.0875. The molecule has 4 atom stereocenters.